The zero-order chi connectivity index (χ0) is 21.5. The van der Waals surface area contributed by atoms with Crippen LogP contribution in [0.5, 0.6) is 0 Å². The molecule has 5 heteroatoms. The molecule has 31 heavy (non-hydrogen) atoms. The largest absolute Gasteiger partial charge is 0.323 e. The van der Waals surface area contributed by atoms with Crippen LogP contribution in [-0.4, -0.2) is 22.0 Å². The smallest absolute Gasteiger partial charge is 0.227 e. The number of aryl methyl sites for hydroxylation is 2. The molecule has 1 aliphatic rings. The van der Waals surface area contributed by atoms with Crippen LogP contribution in [0.3, 0.4) is 0 Å². The van der Waals surface area contributed by atoms with E-state index in [1.165, 1.54) is 6.07 Å². The van der Waals surface area contributed by atoms with Crippen LogP contribution in [0.15, 0.2) is 66.7 Å². The molecule has 0 unspecified atom stereocenters. The van der Waals surface area contributed by atoms with Crippen molar-refractivity contribution in [2.24, 2.45) is 0 Å². The third-order valence-corrected chi connectivity index (χ3v) is 5.98. The van der Waals surface area contributed by atoms with E-state index in [-0.39, 0.29) is 17.6 Å². The first-order valence-electron chi connectivity index (χ1n) is 10.6. The van der Waals surface area contributed by atoms with Crippen molar-refractivity contribution in [3.63, 3.8) is 0 Å². The molecule has 2 heterocycles. The average Bonchev–Trinajstić information content (AvgIpc) is 3.30. The van der Waals surface area contributed by atoms with Gasteiger partial charge in [-0.2, -0.15) is 0 Å². The number of nitrogens with zero attached hydrogens (tertiary/aromatic N) is 3. The van der Waals surface area contributed by atoms with E-state index in [4.69, 9.17) is 4.98 Å². The van der Waals surface area contributed by atoms with Crippen LogP contribution < -0.4 is 4.90 Å². The van der Waals surface area contributed by atoms with Gasteiger partial charge in [0.1, 0.15) is 11.6 Å². The topological polar surface area (TPSA) is 38.1 Å². The number of halogens is 1. The summed E-state index contributed by atoms with van der Waals surface area (Å²) in [6.45, 7) is 5.05. The number of aromatic nitrogens is 2. The average molecular weight is 413 g/mol. The van der Waals surface area contributed by atoms with Crippen LogP contribution in [0.25, 0.3) is 11.0 Å². The lowest BCUT2D eigenvalue weighted by atomic mass is 10.1. The van der Waals surface area contributed by atoms with Gasteiger partial charge in [-0.3, -0.25) is 4.79 Å². The van der Waals surface area contributed by atoms with E-state index in [0.29, 0.717) is 25.1 Å². The monoisotopic (exact) mass is 413 g/mol. The molecule has 4 nitrogen and oxygen atoms in total. The lowest BCUT2D eigenvalue weighted by molar-refractivity contribution is -0.117. The number of amides is 1. The van der Waals surface area contributed by atoms with E-state index >= 15 is 0 Å². The maximum atomic E-state index is 14.4. The molecule has 0 saturated carbocycles. The molecule has 5 rings (SSSR count). The number of benzene rings is 3. The Balaban J connectivity index is 1.54. The van der Waals surface area contributed by atoms with Crippen LogP contribution in [0.2, 0.25) is 0 Å². The molecular formula is C26H24FN3O. The molecular weight excluding hydrogens is 389 g/mol. The molecule has 1 atom stereocenters. The van der Waals surface area contributed by atoms with E-state index in [0.717, 1.165) is 33.7 Å². The van der Waals surface area contributed by atoms with Gasteiger partial charge in [0.05, 0.1) is 17.6 Å². The SMILES string of the molecule is Cc1cc(C)cc(N2C[C@H](c3nc4ccccc4n3Cc3ccccc3F)CC2=O)c1. The third kappa shape index (κ3) is 3.61. The summed E-state index contributed by atoms with van der Waals surface area (Å²) in [4.78, 5) is 19.7. The Kier molecular flexibility index (Phi) is 4.81. The van der Waals surface area contributed by atoms with E-state index < -0.39 is 0 Å². The van der Waals surface area contributed by atoms with Crippen molar-refractivity contribution in [1.29, 1.82) is 0 Å². The first-order valence-corrected chi connectivity index (χ1v) is 10.6. The van der Waals surface area contributed by atoms with Crippen molar-refractivity contribution in [1.82, 2.24) is 9.55 Å². The molecule has 156 valence electrons. The molecule has 1 aromatic heterocycles. The molecule has 4 aromatic rings. The minimum absolute atomic E-state index is 0.0486. The van der Waals surface area contributed by atoms with Gasteiger partial charge in [-0.05, 0) is 55.3 Å². The zero-order valence-corrected chi connectivity index (χ0v) is 17.7. The number of hydrogen-bond donors (Lipinski definition) is 0. The summed E-state index contributed by atoms with van der Waals surface area (Å²) in [7, 11) is 0. The number of rotatable bonds is 4. The molecule has 1 amide bonds. The highest BCUT2D eigenvalue weighted by Gasteiger charge is 2.35. The van der Waals surface area contributed by atoms with Crippen molar-refractivity contribution in [2.75, 3.05) is 11.4 Å². The summed E-state index contributed by atoms with van der Waals surface area (Å²) < 4.78 is 16.5. The summed E-state index contributed by atoms with van der Waals surface area (Å²) in [5.74, 6) is 0.655. The Morgan fingerprint density at radius 1 is 1.00 bits per heavy atom. The molecule has 0 bridgehead atoms. The van der Waals surface area contributed by atoms with Gasteiger partial charge in [-0.1, -0.05) is 36.4 Å². The van der Waals surface area contributed by atoms with Gasteiger partial charge >= 0.3 is 0 Å². The highest BCUT2D eigenvalue weighted by atomic mass is 19.1. The maximum Gasteiger partial charge on any atom is 0.227 e. The molecule has 1 saturated heterocycles. The first-order chi connectivity index (χ1) is 15.0. The van der Waals surface area contributed by atoms with Gasteiger partial charge in [-0.25, -0.2) is 9.37 Å². The predicted octanol–water partition coefficient (Wildman–Crippen LogP) is 5.36. The number of carbonyl (C=O) groups is 1. The van der Waals surface area contributed by atoms with E-state index in [1.54, 1.807) is 12.1 Å². The van der Waals surface area contributed by atoms with Crippen LogP contribution in [0.1, 0.15) is 34.9 Å². The summed E-state index contributed by atoms with van der Waals surface area (Å²) in [6, 6.07) is 20.9. The van der Waals surface area contributed by atoms with Crippen molar-refractivity contribution in [3.05, 3.63) is 95.1 Å². The van der Waals surface area contributed by atoms with E-state index in [9.17, 15) is 9.18 Å². The van der Waals surface area contributed by atoms with Gasteiger partial charge in [0, 0.05) is 30.1 Å². The Bertz CT molecular complexity index is 1270. The summed E-state index contributed by atoms with van der Waals surface area (Å²) in [5.41, 5.74) is 5.64. The highest BCUT2D eigenvalue weighted by Crippen LogP contribution is 2.34. The Hall–Kier alpha value is -3.47. The number of para-hydroxylation sites is 2. The van der Waals surface area contributed by atoms with Gasteiger partial charge in [0.15, 0.2) is 0 Å². The van der Waals surface area contributed by atoms with E-state index in [2.05, 4.69) is 22.8 Å². The fraction of sp³-hybridized carbons (Fsp3) is 0.231. The normalized spacial score (nSPS) is 16.4. The van der Waals surface area contributed by atoms with Crippen molar-refractivity contribution in [2.45, 2.75) is 32.7 Å². The molecule has 3 aromatic carbocycles. The third-order valence-electron chi connectivity index (χ3n) is 5.98. The molecule has 1 aliphatic heterocycles. The molecule has 1 fully saturated rings. The number of carbonyl (C=O) groups excluding carboxylic acids is 1. The lowest BCUT2D eigenvalue weighted by Gasteiger charge is -2.19. The Morgan fingerprint density at radius 2 is 1.71 bits per heavy atom. The van der Waals surface area contributed by atoms with Gasteiger partial charge < -0.3 is 9.47 Å². The first kappa shape index (κ1) is 19.5. The van der Waals surface area contributed by atoms with Crippen molar-refractivity contribution < 1.29 is 9.18 Å². The standard InChI is InChI=1S/C26H24FN3O/c1-17-11-18(2)13-21(12-17)29-16-20(14-25(29)31)26-28-23-9-5-6-10-24(23)30(26)15-19-7-3-4-8-22(19)27/h3-13,20H,14-16H2,1-2H3/t20-/m1/s1. The van der Waals surface area contributed by atoms with Gasteiger partial charge in [0.2, 0.25) is 5.91 Å². The predicted molar refractivity (Wildman–Crippen MR) is 121 cm³/mol. The van der Waals surface area contributed by atoms with E-state index in [1.807, 2.05) is 49.1 Å². The van der Waals surface area contributed by atoms with Crippen molar-refractivity contribution >= 4 is 22.6 Å². The van der Waals surface area contributed by atoms with Crippen molar-refractivity contribution in [3.8, 4) is 0 Å². The van der Waals surface area contributed by atoms with Gasteiger partial charge in [-0.15, -0.1) is 0 Å². The van der Waals surface area contributed by atoms with Gasteiger partial charge in [0.25, 0.3) is 0 Å². The number of imidazole rings is 1. The fourth-order valence-electron chi connectivity index (χ4n) is 4.61. The minimum atomic E-state index is -0.231. The van der Waals surface area contributed by atoms with Crippen LogP contribution in [0.4, 0.5) is 10.1 Å². The summed E-state index contributed by atoms with van der Waals surface area (Å²) >= 11 is 0. The second kappa shape index (κ2) is 7.65. The fourth-order valence-corrected chi connectivity index (χ4v) is 4.61. The Labute approximate surface area is 181 Å². The highest BCUT2D eigenvalue weighted by molar-refractivity contribution is 5.96. The summed E-state index contributed by atoms with van der Waals surface area (Å²) in [5, 5.41) is 0. The van der Waals surface area contributed by atoms with Crippen LogP contribution in [0, 0.1) is 19.7 Å². The quantitative estimate of drug-likeness (QED) is 0.452. The van der Waals surface area contributed by atoms with Crippen LogP contribution in [-0.2, 0) is 11.3 Å². The zero-order valence-electron chi connectivity index (χ0n) is 17.7. The maximum absolute atomic E-state index is 14.4. The molecule has 0 spiro atoms. The molecule has 0 N–H and O–H groups in total. The Morgan fingerprint density at radius 3 is 2.48 bits per heavy atom. The minimum Gasteiger partial charge on any atom is -0.323 e. The number of fused-ring (bicyclic) bond motifs is 1. The molecule has 0 aliphatic carbocycles. The second-order valence-corrected chi connectivity index (χ2v) is 8.39. The molecule has 0 radical (unpaired) electrons. The number of hydrogen-bond acceptors (Lipinski definition) is 2. The summed E-state index contributed by atoms with van der Waals surface area (Å²) in [6.07, 6.45) is 0.396. The number of anilines is 1. The van der Waals surface area contributed by atoms with Crippen LogP contribution >= 0.6 is 0 Å². The lowest BCUT2D eigenvalue weighted by Crippen LogP contribution is -2.24. The second-order valence-electron chi connectivity index (χ2n) is 8.39.